The van der Waals surface area contributed by atoms with Crippen LogP contribution in [0.3, 0.4) is 0 Å². The summed E-state index contributed by atoms with van der Waals surface area (Å²) in [4.78, 5) is -0.0309. The van der Waals surface area contributed by atoms with Crippen molar-refractivity contribution in [3.8, 4) is 5.75 Å². The van der Waals surface area contributed by atoms with Gasteiger partial charge in [0.2, 0.25) is 0 Å². The van der Waals surface area contributed by atoms with Crippen LogP contribution in [-0.2, 0) is 23.1 Å². The summed E-state index contributed by atoms with van der Waals surface area (Å²) in [5.41, 5.74) is 7.11. The van der Waals surface area contributed by atoms with Gasteiger partial charge in [0.15, 0.2) is 0 Å². The molecular formula is C15H15F2NO2S. The molecule has 6 heteroatoms. The summed E-state index contributed by atoms with van der Waals surface area (Å²) >= 11 is 0. The first kappa shape index (κ1) is 15.6. The molecule has 0 saturated heterocycles. The van der Waals surface area contributed by atoms with Crippen molar-refractivity contribution >= 4 is 10.8 Å². The molecule has 0 spiro atoms. The fourth-order valence-electron chi connectivity index (χ4n) is 1.95. The van der Waals surface area contributed by atoms with E-state index in [1.54, 1.807) is 12.1 Å². The van der Waals surface area contributed by atoms with Crippen LogP contribution in [0.1, 0.15) is 11.1 Å². The molecule has 0 saturated carbocycles. The van der Waals surface area contributed by atoms with Gasteiger partial charge in [-0.15, -0.1) is 0 Å². The SMILES string of the molecule is COc1ccc(CN)cc1CS(=O)c1ccc(F)cc1F. The third kappa shape index (κ3) is 3.65. The maximum Gasteiger partial charge on any atom is 0.142 e. The average molecular weight is 311 g/mol. The van der Waals surface area contributed by atoms with Gasteiger partial charge in [-0.3, -0.25) is 4.21 Å². The summed E-state index contributed by atoms with van der Waals surface area (Å²) in [6, 6.07) is 8.32. The lowest BCUT2D eigenvalue weighted by atomic mass is 10.1. The topological polar surface area (TPSA) is 52.3 Å². The Balaban J connectivity index is 2.30. The Morgan fingerprint density at radius 1 is 1.19 bits per heavy atom. The van der Waals surface area contributed by atoms with Crippen molar-refractivity contribution in [3.63, 3.8) is 0 Å². The van der Waals surface area contributed by atoms with E-state index in [4.69, 9.17) is 10.5 Å². The molecule has 2 aromatic rings. The quantitative estimate of drug-likeness (QED) is 0.924. The number of hydrogen-bond acceptors (Lipinski definition) is 3. The van der Waals surface area contributed by atoms with E-state index in [1.165, 1.54) is 13.2 Å². The van der Waals surface area contributed by atoms with Gasteiger partial charge >= 0.3 is 0 Å². The van der Waals surface area contributed by atoms with E-state index in [-0.39, 0.29) is 10.6 Å². The largest absolute Gasteiger partial charge is 0.496 e. The third-order valence-electron chi connectivity index (χ3n) is 3.01. The Labute approximate surface area is 124 Å². The molecule has 0 fully saturated rings. The van der Waals surface area contributed by atoms with Gasteiger partial charge in [-0.1, -0.05) is 6.07 Å². The van der Waals surface area contributed by atoms with Gasteiger partial charge < -0.3 is 10.5 Å². The van der Waals surface area contributed by atoms with Crippen LogP contribution in [0.25, 0.3) is 0 Å². The van der Waals surface area contributed by atoms with Crippen molar-refractivity contribution in [1.29, 1.82) is 0 Å². The van der Waals surface area contributed by atoms with Crippen LogP contribution in [0.2, 0.25) is 0 Å². The van der Waals surface area contributed by atoms with Crippen LogP contribution < -0.4 is 10.5 Å². The van der Waals surface area contributed by atoms with Crippen LogP contribution in [0, 0.1) is 11.6 Å². The molecule has 0 heterocycles. The molecule has 2 rings (SSSR count). The van der Waals surface area contributed by atoms with E-state index < -0.39 is 22.4 Å². The molecule has 2 N–H and O–H groups in total. The fourth-order valence-corrected chi connectivity index (χ4v) is 3.11. The second-order valence-electron chi connectivity index (χ2n) is 4.41. The van der Waals surface area contributed by atoms with Crippen LogP contribution in [0.5, 0.6) is 5.75 Å². The lowest BCUT2D eigenvalue weighted by molar-refractivity contribution is 0.411. The molecule has 1 atom stereocenters. The highest BCUT2D eigenvalue weighted by atomic mass is 32.2. The van der Waals surface area contributed by atoms with Gasteiger partial charge in [-0.2, -0.15) is 0 Å². The minimum atomic E-state index is -1.64. The Morgan fingerprint density at radius 2 is 1.95 bits per heavy atom. The zero-order valence-electron chi connectivity index (χ0n) is 11.4. The first-order valence-electron chi connectivity index (χ1n) is 6.24. The first-order valence-corrected chi connectivity index (χ1v) is 7.56. The van der Waals surface area contributed by atoms with E-state index >= 15 is 0 Å². The van der Waals surface area contributed by atoms with Crippen molar-refractivity contribution in [2.24, 2.45) is 5.73 Å². The summed E-state index contributed by atoms with van der Waals surface area (Å²) in [7, 11) is -0.137. The standard InChI is InChI=1S/C15H15F2NO2S/c1-20-14-4-2-10(8-18)6-11(14)9-21(19)15-5-3-12(16)7-13(15)17/h2-7H,8-9,18H2,1H3. The van der Waals surface area contributed by atoms with E-state index in [9.17, 15) is 13.0 Å². The lowest BCUT2D eigenvalue weighted by Crippen LogP contribution is -2.04. The molecule has 0 radical (unpaired) electrons. The van der Waals surface area contributed by atoms with Gasteiger partial charge in [-0.05, 0) is 29.8 Å². The second kappa shape index (κ2) is 6.78. The van der Waals surface area contributed by atoms with Crippen molar-refractivity contribution in [1.82, 2.24) is 0 Å². The molecule has 0 aliphatic rings. The Kier molecular flexibility index (Phi) is 5.03. The highest BCUT2D eigenvalue weighted by Gasteiger charge is 2.14. The van der Waals surface area contributed by atoms with E-state index in [1.807, 2.05) is 6.07 Å². The van der Waals surface area contributed by atoms with E-state index in [0.29, 0.717) is 17.9 Å². The monoisotopic (exact) mass is 311 g/mol. The molecular weight excluding hydrogens is 296 g/mol. The molecule has 0 bridgehead atoms. The molecule has 0 amide bonds. The zero-order chi connectivity index (χ0) is 15.4. The molecule has 0 aliphatic carbocycles. The van der Waals surface area contributed by atoms with Gasteiger partial charge in [0.05, 0.1) is 28.6 Å². The zero-order valence-corrected chi connectivity index (χ0v) is 12.3. The summed E-state index contributed by atoms with van der Waals surface area (Å²) < 4.78 is 44.0. The van der Waals surface area contributed by atoms with Crippen molar-refractivity contribution in [2.45, 2.75) is 17.2 Å². The Bertz CT molecular complexity index is 677. The molecule has 112 valence electrons. The number of hydrogen-bond donors (Lipinski definition) is 1. The third-order valence-corrected chi connectivity index (χ3v) is 4.40. The Morgan fingerprint density at radius 3 is 2.57 bits per heavy atom. The lowest BCUT2D eigenvalue weighted by Gasteiger charge is -2.10. The van der Waals surface area contributed by atoms with Gasteiger partial charge in [0, 0.05) is 18.2 Å². The molecule has 2 aromatic carbocycles. The molecule has 0 aromatic heterocycles. The molecule has 0 aliphatic heterocycles. The van der Waals surface area contributed by atoms with Crippen molar-refractivity contribution in [2.75, 3.05) is 7.11 Å². The molecule has 3 nitrogen and oxygen atoms in total. The smallest absolute Gasteiger partial charge is 0.142 e. The highest BCUT2D eigenvalue weighted by molar-refractivity contribution is 7.84. The predicted molar refractivity (Wildman–Crippen MR) is 77.4 cm³/mol. The summed E-state index contributed by atoms with van der Waals surface area (Å²) in [6.45, 7) is 0.342. The summed E-state index contributed by atoms with van der Waals surface area (Å²) in [6.07, 6.45) is 0. The van der Waals surface area contributed by atoms with E-state index in [2.05, 4.69) is 0 Å². The maximum atomic E-state index is 13.6. The Hall–Kier alpha value is -1.79. The normalized spacial score (nSPS) is 12.2. The van der Waals surface area contributed by atoms with Crippen LogP contribution >= 0.6 is 0 Å². The second-order valence-corrected chi connectivity index (χ2v) is 5.83. The molecule has 1 unspecified atom stereocenters. The van der Waals surface area contributed by atoms with Crippen LogP contribution in [-0.4, -0.2) is 11.3 Å². The number of benzene rings is 2. The first-order chi connectivity index (χ1) is 10.0. The minimum absolute atomic E-state index is 0.0309. The van der Waals surface area contributed by atoms with Gasteiger partial charge in [0.25, 0.3) is 0 Å². The van der Waals surface area contributed by atoms with Crippen LogP contribution in [0.15, 0.2) is 41.3 Å². The number of methoxy groups -OCH3 is 1. The van der Waals surface area contributed by atoms with Gasteiger partial charge in [0.1, 0.15) is 17.4 Å². The molecule has 21 heavy (non-hydrogen) atoms. The van der Waals surface area contributed by atoms with Gasteiger partial charge in [-0.25, -0.2) is 8.78 Å². The van der Waals surface area contributed by atoms with Crippen molar-refractivity contribution in [3.05, 3.63) is 59.2 Å². The average Bonchev–Trinajstić information content (AvgIpc) is 2.46. The maximum absolute atomic E-state index is 13.6. The van der Waals surface area contributed by atoms with Crippen LogP contribution in [0.4, 0.5) is 8.78 Å². The summed E-state index contributed by atoms with van der Waals surface area (Å²) in [5.74, 6) is -0.888. The number of ether oxygens (including phenoxy) is 1. The van der Waals surface area contributed by atoms with Crippen molar-refractivity contribution < 1.29 is 17.7 Å². The number of halogens is 2. The number of nitrogens with two attached hydrogens (primary N) is 1. The fraction of sp³-hybridized carbons (Fsp3) is 0.200. The predicted octanol–water partition coefficient (Wildman–Crippen LogP) is 2.74. The summed E-state index contributed by atoms with van der Waals surface area (Å²) in [5, 5.41) is 0. The number of rotatable bonds is 5. The minimum Gasteiger partial charge on any atom is -0.496 e. The highest BCUT2D eigenvalue weighted by Crippen LogP contribution is 2.24. The van der Waals surface area contributed by atoms with E-state index in [0.717, 1.165) is 17.7 Å².